The largest absolute Gasteiger partial charge is 0.462 e. The molecule has 0 bridgehead atoms. The molecule has 0 radical (unpaired) electrons. The van der Waals surface area contributed by atoms with Gasteiger partial charge in [0.25, 0.3) is 0 Å². The van der Waals surface area contributed by atoms with Crippen LogP contribution in [0.4, 0.5) is 0 Å². The van der Waals surface area contributed by atoms with Crippen molar-refractivity contribution in [1.82, 2.24) is 0 Å². The van der Waals surface area contributed by atoms with Crippen molar-refractivity contribution in [3.8, 4) is 0 Å². The second-order valence-corrected chi connectivity index (χ2v) is 18.8. The smallest absolute Gasteiger partial charge is 0.306 e. The molecule has 6 heteroatoms. The van der Waals surface area contributed by atoms with Crippen LogP contribution < -0.4 is 0 Å². The predicted octanol–water partition coefficient (Wildman–Crippen LogP) is 19.6. The summed E-state index contributed by atoms with van der Waals surface area (Å²) in [6.45, 7) is 6.38. The average Bonchev–Trinajstić information content (AvgIpc) is 3.37. The van der Waals surface area contributed by atoms with Crippen LogP contribution in [0.2, 0.25) is 0 Å². The van der Waals surface area contributed by atoms with Crippen LogP contribution >= 0.6 is 0 Å². The second kappa shape index (κ2) is 58.4. The molecule has 0 aromatic rings. The van der Waals surface area contributed by atoms with Crippen LogP contribution in [0.5, 0.6) is 0 Å². The Kier molecular flexibility index (Phi) is 54.9. The van der Waals surface area contributed by atoms with Gasteiger partial charge in [-0.25, -0.2) is 0 Å². The number of carbonyl (C=O) groups excluding carboxylic acids is 3. The van der Waals surface area contributed by atoms with E-state index >= 15 is 0 Å². The van der Waals surface area contributed by atoms with Crippen molar-refractivity contribution in [2.75, 3.05) is 13.2 Å². The average molecular weight is 984 g/mol. The molecule has 6 nitrogen and oxygen atoms in total. The lowest BCUT2D eigenvalue weighted by Gasteiger charge is -2.18. The molecule has 1 atom stereocenters. The van der Waals surface area contributed by atoms with Crippen molar-refractivity contribution in [2.24, 2.45) is 0 Å². The number of hydrogen-bond acceptors (Lipinski definition) is 6. The number of unbranched alkanes of at least 4 members (excludes halogenated alkanes) is 20. The molecule has 0 aromatic carbocycles. The van der Waals surface area contributed by atoms with Crippen molar-refractivity contribution in [1.29, 1.82) is 0 Å². The Balaban J connectivity index is 4.48. The first-order valence-electron chi connectivity index (χ1n) is 29.0. The third-order valence-electron chi connectivity index (χ3n) is 11.9. The lowest BCUT2D eigenvalue weighted by molar-refractivity contribution is -0.167. The summed E-state index contributed by atoms with van der Waals surface area (Å²) in [6.07, 6.45) is 80.4. The van der Waals surface area contributed by atoms with Crippen LogP contribution in [0.25, 0.3) is 0 Å². The first-order chi connectivity index (χ1) is 35.0. The molecule has 0 aliphatic rings. The van der Waals surface area contributed by atoms with E-state index in [0.717, 1.165) is 128 Å². The quantitative estimate of drug-likeness (QED) is 0.0261. The monoisotopic (exact) mass is 983 g/mol. The van der Waals surface area contributed by atoms with Gasteiger partial charge in [-0.15, -0.1) is 0 Å². The highest BCUT2D eigenvalue weighted by Crippen LogP contribution is 2.14. The van der Waals surface area contributed by atoms with Gasteiger partial charge in [-0.05, 0) is 128 Å². The molecule has 0 heterocycles. The van der Waals surface area contributed by atoms with Gasteiger partial charge in [0, 0.05) is 19.3 Å². The number of rotatable bonds is 51. The summed E-state index contributed by atoms with van der Waals surface area (Å²) in [6, 6.07) is 0. The van der Waals surface area contributed by atoms with Crippen LogP contribution in [0.1, 0.15) is 252 Å². The maximum absolute atomic E-state index is 12.9. The van der Waals surface area contributed by atoms with Crippen LogP contribution in [0, 0.1) is 0 Å². The maximum Gasteiger partial charge on any atom is 0.306 e. The van der Waals surface area contributed by atoms with E-state index in [0.29, 0.717) is 25.7 Å². The van der Waals surface area contributed by atoms with Gasteiger partial charge in [-0.2, -0.15) is 0 Å². The first kappa shape index (κ1) is 66.8. The minimum atomic E-state index is -0.808. The molecule has 0 saturated carbocycles. The zero-order chi connectivity index (χ0) is 51.4. The number of esters is 3. The fourth-order valence-corrected chi connectivity index (χ4v) is 7.57. The first-order valence-corrected chi connectivity index (χ1v) is 29.0. The molecule has 1 unspecified atom stereocenters. The minimum Gasteiger partial charge on any atom is -0.462 e. The molecule has 0 spiro atoms. The predicted molar refractivity (Wildman–Crippen MR) is 306 cm³/mol. The van der Waals surface area contributed by atoms with E-state index in [1.807, 2.05) is 0 Å². The number of allylic oxidation sites excluding steroid dienone is 20. The van der Waals surface area contributed by atoms with Crippen LogP contribution in [0.15, 0.2) is 122 Å². The van der Waals surface area contributed by atoms with Crippen molar-refractivity contribution < 1.29 is 28.6 Å². The van der Waals surface area contributed by atoms with Crippen molar-refractivity contribution >= 4 is 17.9 Å². The molecule has 0 aromatic heterocycles. The van der Waals surface area contributed by atoms with E-state index < -0.39 is 6.10 Å². The molecule has 402 valence electrons. The Bertz CT molecular complexity index is 1500. The molecule has 0 N–H and O–H groups in total. The fraction of sp³-hybridized carbons (Fsp3) is 0.646. The van der Waals surface area contributed by atoms with E-state index in [4.69, 9.17) is 14.2 Å². The van der Waals surface area contributed by atoms with Crippen LogP contribution in [-0.2, 0) is 28.6 Å². The van der Waals surface area contributed by atoms with E-state index in [2.05, 4.69) is 142 Å². The second-order valence-electron chi connectivity index (χ2n) is 18.8. The number of hydrogen-bond donors (Lipinski definition) is 0. The van der Waals surface area contributed by atoms with Crippen LogP contribution in [0.3, 0.4) is 0 Å². The molecule has 0 saturated heterocycles. The highest BCUT2D eigenvalue weighted by atomic mass is 16.6. The zero-order valence-corrected chi connectivity index (χ0v) is 45.9. The summed E-state index contributed by atoms with van der Waals surface area (Å²) in [5, 5.41) is 0. The SMILES string of the molecule is CC/C=C\C/C=C\C/C=C\C/C=C\C/C=C\C/C=C\CCCCC(=O)OCC(COC(=O)CCCCCCC/C=C\C/C=C\CCC)OC(=O)CCCCCCCCCCC/C=C\C/C=C\CCCCC. The van der Waals surface area contributed by atoms with E-state index in [9.17, 15) is 14.4 Å². The third-order valence-corrected chi connectivity index (χ3v) is 11.9. The van der Waals surface area contributed by atoms with Gasteiger partial charge in [0.2, 0.25) is 0 Å². The standard InChI is InChI=1S/C65H106O6/c1-4-7-10-13-16-19-22-25-27-29-31-32-34-35-37-40-43-46-49-52-55-58-64(67)70-61-62(60-69-63(66)57-54-51-48-45-42-39-24-21-18-15-12-9-6-3)71-65(68)59-56-53-50-47-44-41-38-36-33-30-28-26-23-20-17-14-11-8-5-2/h7,10,12,15-17,19-21,24-28,31-32,35,37,43,46,62H,4-6,8-9,11,13-14,18,22-23,29-30,33-34,36,38-42,44-45,47-61H2,1-3H3/b10-7-,15-12-,19-16-,20-17-,24-21-,27-25-,28-26-,32-31-,37-35-,46-43-. The number of carbonyl (C=O) groups is 3. The molecule has 71 heavy (non-hydrogen) atoms. The molecular formula is C65H106O6. The lowest BCUT2D eigenvalue weighted by Crippen LogP contribution is -2.30. The van der Waals surface area contributed by atoms with Crippen LogP contribution in [-0.4, -0.2) is 37.2 Å². The Morgan fingerprint density at radius 3 is 0.944 bits per heavy atom. The highest BCUT2D eigenvalue weighted by molar-refractivity contribution is 5.71. The molecule has 0 amide bonds. The third kappa shape index (κ3) is 56.6. The molecule has 0 fully saturated rings. The summed E-state index contributed by atoms with van der Waals surface area (Å²) >= 11 is 0. The summed E-state index contributed by atoms with van der Waals surface area (Å²) in [5.41, 5.74) is 0. The maximum atomic E-state index is 12.9. The Labute approximate surface area is 437 Å². The lowest BCUT2D eigenvalue weighted by atomic mass is 10.1. The van der Waals surface area contributed by atoms with Gasteiger partial charge < -0.3 is 14.2 Å². The molecule has 0 rings (SSSR count). The van der Waals surface area contributed by atoms with E-state index in [1.165, 1.54) is 77.0 Å². The normalized spacial score (nSPS) is 13.0. The zero-order valence-electron chi connectivity index (χ0n) is 45.9. The minimum absolute atomic E-state index is 0.104. The van der Waals surface area contributed by atoms with Crippen molar-refractivity contribution in [2.45, 2.75) is 258 Å². The summed E-state index contributed by atoms with van der Waals surface area (Å²) in [5.74, 6) is -0.967. The van der Waals surface area contributed by atoms with Crippen molar-refractivity contribution in [3.63, 3.8) is 0 Å². The number of ether oxygens (including phenoxy) is 3. The van der Waals surface area contributed by atoms with Gasteiger partial charge >= 0.3 is 17.9 Å². The Morgan fingerprint density at radius 2 is 0.577 bits per heavy atom. The fourth-order valence-electron chi connectivity index (χ4n) is 7.57. The van der Waals surface area contributed by atoms with Crippen molar-refractivity contribution in [3.05, 3.63) is 122 Å². The Morgan fingerprint density at radius 1 is 0.296 bits per heavy atom. The van der Waals surface area contributed by atoms with E-state index in [1.54, 1.807) is 0 Å². The van der Waals surface area contributed by atoms with Gasteiger partial charge in [0.1, 0.15) is 13.2 Å². The van der Waals surface area contributed by atoms with E-state index in [-0.39, 0.29) is 31.1 Å². The summed E-state index contributed by atoms with van der Waals surface area (Å²) < 4.78 is 16.8. The molecular weight excluding hydrogens is 877 g/mol. The molecule has 0 aliphatic carbocycles. The van der Waals surface area contributed by atoms with Gasteiger partial charge in [0.15, 0.2) is 6.10 Å². The Hall–Kier alpha value is -4.19. The topological polar surface area (TPSA) is 78.9 Å². The van der Waals surface area contributed by atoms with Gasteiger partial charge in [-0.3, -0.25) is 14.4 Å². The summed E-state index contributed by atoms with van der Waals surface area (Å²) in [7, 11) is 0. The summed E-state index contributed by atoms with van der Waals surface area (Å²) in [4.78, 5) is 38.2. The molecule has 0 aliphatic heterocycles. The highest BCUT2D eigenvalue weighted by Gasteiger charge is 2.19. The van der Waals surface area contributed by atoms with Gasteiger partial charge in [-0.1, -0.05) is 226 Å². The van der Waals surface area contributed by atoms with Gasteiger partial charge in [0.05, 0.1) is 0 Å².